The van der Waals surface area contributed by atoms with E-state index in [4.69, 9.17) is 0 Å². The summed E-state index contributed by atoms with van der Waals surface area (Å²) in [6.45, 7) is 8.86. The molecule has 26 heavy (non-hydrogen) atoms. The average molecular weight is 363 g/mol. The molecule has 1 aliphatic carbocycles. The number of aliphatic hydroxyl groups excluding tert-OH is 1. The van der Waals surface area contributed by atoms with E-state index in [1.807, 2.05) is 19.4 Å². The summed E-state index contributed by atoms with van der Waals surface area (Å²) in [5, 5.41) is 20.9. The lowest BCUT2D eigenvalue weighted by Crippen LogP contribution is -2.58. The number of hydrogen-bond donors (Lipinski definition) is 3. The Balaban J connectivity index is 1.64. The highest BCUT2D eigenvalue weighted by atomic mass is 16.3. The van der Waals surface area contributed by atoms with Crippen molar-refractivity contribution in [2.75, 3.05) is 0 Å². The Bertz CT molecular complexity index is 630. The molecule has 1 aromatic heterocycles. The van der Waals surface area contributed by atoms with Gasteiger partial charge in [-0.15, -0.1) is 0 Å². The third-order valence-corrected chi connectivity index (χ3v) is 5.77. The predicted molar refractivity (Wildman–Crippen MR) is 101 cm³/mol. The molecule has 0 aromatic carbocycles. The van der Waals surface area contributed by atoms with Crippen LogP contribution in [0.15, 0.2) is 12.4 Å². The van der Waals surface area contributed by atoms with Crippen LogP contribution in [0.3, 0.4) is 0 Å². The number of carbonyl (C=O) groups excluding carboxylic acids is 1. The second kappa shape index (κ2) is 6.97. The third-order valence-electron chi connectivity index (χ3n) is 5.77. The monoisotopic (exact) mass is 362 g/mol. The maximum absolute atomic E-state index is 12.8. The Morgan fingerprint density at radius 1 is 1.35 bits per heavy atom. The molecule has 1 atom stereocenters. The van der Waals surface area contributed by atoms with Gasteiger partial charge in [-0.25, -0.2) is 0 Å². The van der Waals surface area contributed by atoms with Crippen LogP contribution in [0, 0.1) is 11.8 Å². The molecule has 2 heterocycles. The van der Waals surface area contributed by atoms with Gasteiger partial charge in [-0.3, -0.25) is 9.48 Å². The first-order valence-electron chi connectivity index (χ1n) is 9.78. The van der Waals surface area contributed by atoms with E-state index in [1.54, 1.807) is 4.68 Å². The molecule has 1 saturated heterocycles. The van der Waals surface area contributed by atoms with Gasteiger partial charge >= 0.3 is 0 Å². The summed E-state index contributed by atoms with van der Waals surface area (Å²) in [5.74, 6) is 0.778. The van der Waals surface area contributed by atoms with Gasteiger partial charge in [0.25, 0.3) is 0 Å². The van der Waals surface area contributed by atoms with Crippen molar-refractivity contribution in [2.24, 2.45) is 18.9 Å². The average Bonchev–Trinajstić information content (AvgIpc) is 2.84. The molecule has 2 fully saturated rings. The van der Waals surface area contributed by atoms with Crippen LogP contribution < -0.4 is 10.6 Å². The van der Waals surface area contributed by atoms with Crippen LogP contribution >= 0.6 is 0 Å². The summed E-state index contributed by atoms with van der Waals surface area (Å²) in [4.78, 5) is 12.8. The lowest BCUT2D eigenvalue weighted by Gasteiger charge is -2.46. The number of aliphatic hydroxyl groups is 1. The van der Waals surface area contributed by atoms with Crippen molar-refractivity contribution in [3.8, 4) is 0 Å². The summed E-state index contributed by atoms with van der Waals surface area (Å²) in [6.07, 6.45) is 7.61. The third kappa shape index (κ3) is 4.65. The maximum Gasteiger partial charge on any atom is 0.220 e. The second-order valence-electron chi connectivity index (χ2n) is 9.75. The Morgan fingerprint density at radius 2 is 1.96 bits per heavy atom. The Hall–Kier alpha value is -1.40. The zero-order valence-electron chi connectivity index (χ0n) is 16.7. The summed E-state index contributed by atoms with van der Waals surface area (Å²) in [5.41, 5.74) is 1.13. The van der Waals surface area contributed by atoms with Crippen molar-refractivity contribution < 1.29 is 9.90 Å². The molecular weight excluding hydrogens is 328 g/mol. The van der Waals surface area contributed by atoms with Crippen molar-refractivity contribution in [3.05, 3.63) is 18.0 Å². The molecule has 1 aliphatic heterocycles. The highest BCUT2D eigenvalue weighted by Crippen LogP contribution is 2.39. The summed E-state index contributed by atoms with van der Waals surface area (Å²) in [7, 11) is 1.89. The summed E-state index contributed by atoms with van der Waals surface area (Å²) >= 11 is 0. The van der Waals surface area contributed by atoms with Crippen molar-refractivity contribution >= 4 is 5.91 Å². The van der Waals surface area contributed by atoms with Crippen LogP contribution in [0.4, 0.5) is 0 Å². The Labute approximate surface area is 156 Å². The standard InChI is InChI=1S/C20H34N4O2/c1-19(2)9-13(10-20(3,4)23-19)6-17(26)22-18(14-7-16(25)8-14)15-11-21-24(5)12-15/h11-14,16,18,23,25H,6-10H2,1-5H3,(H,22,26)/t14?,16?,18-/m1/s1. The molecule has 3 rings (SSSR count). The molecule has 2 aliphatic rings. The van der Waals surface area contributed by atoms with Crippen LogP contribution in [0.1, 0.15) is 71.4 Å². The van der Waals surface area contributed by atoms with E-state index in [1.165, 1.54) is 0 Å². The SMILES string of the molecule is Cn1cc([C@H](NC(=O)CC2CC(C)(C)NC(C)(C)C2)C2CC(O)C2)cn1. The number of rotatable bonds is 5. The molecule has 146 valence electrons. The fourth-order valence-corrected chi connectivity index (χ4v) is 5.15. The van der Waals surface area contributed by atoms with Gasteiger partial charge in [-0.05, 0) is 65.2 Å². The number of nitrogens with zero attached hydrogens (tertiary/aromatic N) is 2. The number of amides is 1. The molecule has 1 amide bonds. The van der Waals surface area contributed by atoms with Crippen molar-refractivity contribution in [1.29, 1.82) is 0 Å². The molecule has 0 unspecified atom stereocenters. The molecule has 1 aromatic rings. The van der Waals surface area contributed by atoms with E-state index < -0.39 is 0 Å². The van der Waals surface area contributed by atoms with Crippen molar-refractivity contribution in [3.63, 3.8) is 0 Å². The molecule has 0 bridgehead atoms. The number of aromatic nitrogens is 2. The zero-order valence-corrected chi connectivity index (χ0v) is 16.7. The highest BCUT2D eigenvalue weighted by molar-refractivity contribution is 5.76. The van der Waals surface area contributed by atoms with E-state index in [0.717, 1.165) is 31.2 Å². The Morgan fingerprint density at radius 3 is 2.46 bits per heavy atom. The number of piperidine rings is 1. The first-order valence-corrected chi connectivity index (χ1v) is 9.78. The summed E-state index contributed by atoms with van der Waals surface area (Å²) in [6, 6.07) is -0.0534. The zero-order chi connectivity index (χ0) is 19.1. The number of nitrogens with one attached hydrogen (secondary N) is 2. The maximum atomic E-state index is 12.8. The second-order valence-corrected chi connectivity index (χ2v) is 9.75. The highest BCUT2D eigenvalue weighted by Gasteiger charge is 2.40. The van der Waals surface area contributed by atoms with E-state index >= 15 is 0 Å². The fourth-order valence-electron chi connectivity index (χ4n) is 5.15. The van der Waals surface area contributed by atoms with Crippen molar-refractivity contribution in [1.82, 2.24) is 20.4 Å². The van der Waals surface area contributed by atoms with Gasteiger partial charge in [0.15, 0.2) is 0 Å². The largest absolute Gasteiger partial charge is 0.393 e. The lowest BCUT2D eigenvalue weighted by atomic mass is 9.74. The van der Waals surface area contributed by atoms with E-state index in [2.05, 4.69) is 43.4 Å². The van der Waals surface area contributed by atoms with Crippen LogP contribution in [0.5, 0.6) is 0 Å². The smallest absolute Gasteiger partial charge is 0.220 e. The van der Waals surface area contributed by atoms with Crippen LogP contribution in [0.25, 0.3) is 0 Å². The quantitative estimate of drug-likeness (QED) is 0.751. The minimum absolute atomic E-state index is 0.0491. The van der Waals surface area contributed by atoms with E-state index in [9.17, 15) is 9.90 Å². The van der Waals surface area contributed by atoms with Gasteiger partial charge < -0.3 is 15.7 Å². The van der Waals surface area contributed by atoms with Gasteiger partial charge in [0.1, 0.15) is 0 Å². The molecule has 0 spiro atoms. The lowest BCUT2D eigenvalue weighted by molar-refractivity contribution is -0.124. The normalized spacial score (nSPS) is 29.0. The van der Waals surface area contributed by atoms with Gasteiger partial charge in [-0.1, -0.05) is 0 Å². The number of aryl methyl sites for hydroxylation is 1. The van der Waals surface area contributed by atoms with E-state index in [-0.39, 0.29) is 29.1 Å². The van der Waals surface area contributed by atoms with Crippen LogP contribution in [0.2, 0.25) is 0 Å². The number of carbonyl (C=O) groups is 1. The fraction of sp³-hybridized carbons (Fsp3) is 0.800. The van der Waals surface area contributed by atoms with E-state index in [0.29, 0.717) is 18.3 Å². The van der Waals surface area contributed by atoms with Gasteiger partial charge in [0, 0.05) is 36.3 Å². The molecular formula is C20H34N4O2. The number of hydrogen-bond acceptors (Lipinski definition) is 4. The topological polar surface area (TPSA) is 79.2 Å². The first-order chi connectivity index (χ1) is 12.0. The minimum atomic E-state index is -0.234. The van der Waals surface area contributed by atoms with Gasteiger partial charge in [0.2, 0.25) is 5.91 Å². The predicted octanol–water partition coefficient (Wildman–Crippen LogP) is 2.30. The Kier molecular flexibility index (Phi) is 5.19. The molecule has 1 saturated carbocycles. The van der Waals surface area contributed by atoms with Crippen molar-refractivity contribution in [2.45, 2.75) is 83.0 Å². The molecule has 0 radical (unpaired) electrons. The van der Waals surface area contributed by atoms with Crippen LogP contribution in [-0.4, -0.2) is 38.0 Å². The van der Waals surface area contributed by atoms with Gasteiger partial charge in [0.05, 0.1) is 18.3 Å². The van der Waals surface area contributed by atoms with Gasteiger partial charge in [-0.2, -0.15) is 5.10 Å². The summed E-state index contributed by atoms with van der Waals surface area (Å²) < 4.78 is 1.77. The first kappa shape index (κ1) is 19.4. The van der Waals surface area contributed by atoms with Crippen LogP contribution in [-0.2, 0) is 11.8 Å². The molecule has 3 N–H and O–H groups in total. The molecule has 6 heteroatoms. The molecule has 6 nitrogen and oxygen atoms in total. The minimum Gasteiger partial charge on any atom is -0.393 e.